The molecule has 6 nitrogen and oxygen atoms in total. The Morgan fingerprint density at radius 2 is 1.93 bits per heavy atom. The van der Waals surface area contributed by atoms with Crippen LogP contribution in [-0.2, 0) is 14.8 Å². The maximum atomic E-state index is 11.8. The highest BCUT2D eigenvalue weighted by atomic mass is 32.2. The van der Waals surface area contributed by atoms with Gasteiger partial charge in [-0.25, -0.2) is 8.42 Å². The number of hydrogen-bond donors (Lipinski definition) is 2. The Bertz CT molecular complexity index is 891. The van der Waals surface area contributed by atoms with Gasteiger partial charge in [-0.15, -0.1) is 0 Å². The normalized spacial score (nSPS) is 29.9. The van der Waals surface area contributed by atoms with Crippen LogP contribution in [0.2, 0.25) is 0 Å². The van der Waals surface area contributed by atoms with Crippen molar-refractivity contribution in [1.82, 2.24) is 14.9 Å². The molecule has 0 bridgehead atoms. The van der Waals surface area contributed by atoms with Crippen molar-refractivity contribution in [2.24, 2.45) is 11.8 Å². The molecule has 7 heteroatoms. The lowest BCUT2D eigenvalue weighted by atomic mass is 9.95. The second-order valence-corrected chi connectivity index (χ2v) is 10.6. The molecule has 1 unspecified atom stereocenters. The average molecular weight is 418 g/mol. The summed E-state index contributed by atoms with van der Waals surface area (Å²) in [5.74, 6) is 1.02. The largest absolute Gasteiger partial charge is 0.307 e. The average Bonchev–Trinajstić information content (AvgIpc) is 3.52. The summed E-state index contributed by atoms with van der Waals surface area (Å²) in [5.41, 5.74) is 3.15. The lowest BCUT2D eigenvalue weighted by Crippen LogP contribution is -2.48. The highest BCUT2D eigenvalue weighted by molar-refractivity contribution is 7.89. The van der Waals surface area contributed by atoms with Crippen LogP contribution in [0.25, 0.3) is 6.08 Å². The van der Waals surface area contributed by atoms with Crippen molar-refractivity contribution in [3.63, 3.8) is 0 Å². The maximum Gasteiger partial charge on any atom is 0.247 e. The second-order valence-electron chi connectivity index (χ2n) is 8.80. The Labute approximate surface area is 173 Å². The SMILES string of the molecule is CC/C(=C\c1ccccc1)[C@@H]1C2C[C@@]21NC1CCN(CC(=O)NS(C)(=O)=O)CC1. The molecule has 29 heavy (non-hydrogen) atoms. The van der Waals surface area contributed by atoms with Crippen LogP contribution < -0.4 is 10.0 Å². The van der Waals surface area contributed by atoms with Gasteiger partial charge in [0, 0.05) is 30.6 Å². The molecule has 158 valence electrons. The van der Waals surface area contributed by atoms with Gasteiger partial charge in [0.15, 0.2) is 0 Å². The topological polar surface area (TPSA) is 78.5 Å². The van der Waals surface area contributed by atoms with Gasteiger partial charge in [-0.1, -0.05) is 48.9 Å². The van der Waals surface area contributed by atoms with E-state index in [9.17, 15) is 13.2 Å². The van der Waals surface area contributed by atoms with Gasteiger partial charge in [0.25, 0.3) is 0 Å². The van der Waals surface area contributed by atoms with E-state index in [0.29, 0.717) is 17.5 Å². The van der Waals surface area contributed by atoms with Crippen molar-refractivity contribution < 1.29 is 13.2 Å². The monoisotopic (exact) mass is 417 g/mol. The van der Waals surface area contributed by atoms with E-state index in [2.05, 4.69) is 48.6 Å². The summed E-state index contributed by atoms with van der Waals surface area (Å²) in [6.45, 7) is 4.04. The molecule has 3 aliphatic rings. The fourth-order valence-electron chi connectivity index (χ4n) is 4.99. The summed E-state index contributed by atoms with van der Waals surface area (Å²) in [6, 6.07) is 11.0. The van der Waals surface area contributed by atoms with Crippen molar-refractivity contribution in [3.05, 3.63) is 41.5 Å². The molecule has 0 spiro atoms. The Balaban J connectivity index is 1.27. The lowest BCUT2D eigenvalue weighted by Gasteiger charge is -2.33. The van der Waals surface area contributed by atoms with Gasteiger partial charge in [-0.3, -0.25) is 14.4 Å². The van der Waals surface area contributed by atoms with Crippen LogP contribution >= 0.6 is 0 Å². The lowest BCUT2D eigenvalue weighted by molar-refractivity contribution is -0.120. The number of sulfonamides is 1. The Morgan fingerprint density at radius 3 is 2.52 bits per heavy atom. The molecule has 1 saturated heterocycles. The van der Waals surface area contributed by atoms with E-state index in [1.54, 1.807) is 5.57 Å². The molecule has 0 aromatic heterocycles. The first kappa shape index (κ1) is 20.6. The third kappa shape index (κ3) is 4.73. The Morgan fingerprint density at radius 1 is 1.24 bits per heavy atom. The summed E-state index contributed by atoms with van der Waals surface area (Å²) >= 11 is 0. The van der Waals surface area contributed by atoms with Crippen LogP contribution in [0.3, 0.4) is 0 Å². The van der Waals surface area contributed by atoms with E-state index >= 15 is 0 Å². The number of hydrogen-bond acceptors (Lipinski definition) is 5. The Hall–Kier alpha value is -1.70. The zero-order valence-corrected chi connectivity index (χ0v) is 18.0. The first-order valence-corrected chi connectivity index (χ1v) is 12.5. The second kappa shape index (κ2) is 7.85. The summed E-state index contributed by atoms with van der Waals surface area (Å²) < 4.78 is 24.4. The highest BCUT2D eigenvalue weighted by Crippen LogP contribution is 2.75. The van der Waals surface area contributed by atoms with Gasteiger partial charge < -0.3 is 5.32 Å². The quantitative estimate of drug-likeness (QED) is 0.676. The van der Waals surface area contributed by atoms with E-state index in [1.807, 2.05) is 9.62 Å². The van der Waals surface area contributed by atoms with Gasteiger partial charge in [-0.05, 0) is 37.2 Å². The molecule has 2 N–H and O–H groups in total. The standard InChI is InChI=1S/C22H31N3O3S/c1-3-17(13-16-7-5-4-6-8-16)21-19-14-22(19,21)23-18-9-11-25(12-10-18)15-20(26)24-29(2,27)28/h4-8,13,18-19,21,23H,3,9-12,14-15H2,1-2H3,(H,24,26)/b17-13+/t19?,21-,22-/m1/s1. The number of nitrogens with one attached hydrogen (secondary N) is 2. The predicted octanol–water partition coefficient (Wildman–Crippen LogP) is 2.00. The van der Waals surface area contributed by atoms with Crippen LogP contribution in [0.1, 0.15) is 38.2 Å². The smallest absolute Gasteiger partial charge is 0.247 e. The molecule has 1 aliphatic heterocycles. The van der Waals surface area contributed by atoms with Gasteiger partial charge >= 0.3 is 0 Å². The van der Waals surface area contributed by atoms with Crippen molar-refractivity contribution in [1.29, 1.82) is 0 Å². The van der Waals surface area contributed by atoms with Crippen LogP contribution in [0.4, 0.5) is 0 Å². The molecule has 1 aromatic rings. The molecule has 1 amide bonds. The number of rotatable bonds is 8. The van der Waals surface area contributed by atoms with Crippen LogP contribution in [0.5, 0.6) is 0 Å². The molecule has 1 heterocycles. The zero-order valence-electron chi connectivity index (χ0n) is 17.2. The minimum Gasteiger partial charge on any atom is -0.307 e. The van der Waals surface area contributed by atoms with Gasteiger partial charge in [0.1, 0.15) is 0 Å². The fourth-order valence-corrected chi connectivity index (χ4v) is 5.46. The van der Waals surface area contributed by atoms with E-state index < -0.39 is 15.9 Å². The van der Waals surface area contributed by atoms with Crippen molar-refractivity contribution in [2.75, 3.05) is 25.9 Å². The molecule has 2 aliphatic carbocycles. The number of amides is 1. The van der Waals surface area contributed by atoms with Crippen LogP contribution in [0.15, 0.2) is 35.9 Å². The van der Waals surface area contributed by atoms with Gasteiger partial charge in [0.2, 0.25) is 15.9 Å². The Kier molecular flexibility index (Phi) is 5.57. The molecule has 1 aromatic carbocycles. The number of fused-ring (bicyclic) bond motifs is 1. The number of nitrogens with zero attached hydrogens (tertiary/aromatic N) is 1. The van der Waals surface area contributed by atoms with Crippen LogP contribution in [-0.4, -0.2) is 56.7 Å². The number of benzene rings is 1. The van der Waals surface area contributed by atoms with E-state index in [1.165, 1.54) is 12.0 Å². The van der Waals surface area contributed by atoms with E-state index in [0.717, 1.165) is 44.5 Å². The van der Waals surface area contributed by atoms with Crippen molar-refractivity contribution in [3.8, 4) is 0 Å². The molecule has 3 fully saturated rings. The number of piperidine rings is 1. The zero-order chi connectivity index (χ0) is 20.6. The molecule has 0 radical (unpaired) electrons. The van der Waals surface area contributed by atoms with Crippen molar-refractivity contribution in [2.45, 2.75) is 44.2 Å². The van der Waals surface area contributed by atoms with Crippen molar-refractivity contribution >= 4 is 22.0 Å². The molecule has 3 atom stereocenters. The first-order valence-electron chi connectivity index (χ1n) is 10.6. The summed E-state index contributed by atoms with van der Waals surface area (Å²) in [4.78, 5) is 13.8. The molecule has 4 rings (SSSR count). The van der Waals surface area contributed by atoms with Gasteiger partial charge in [-0.2, -0.15) is 0 Å². The summed E-state index contributed by atoms with van der Waals surface area (Å²) in [5, 5.41) is 3.94. The predicted molar refractivity (Wildman–Crippen MR) is 115 cm³/mol. The number of likely N-dealkylation sites (tertiary alicyclic amines) is 1. The van der Waals surface area contributed by atoms with E-state index in [4.69, 9.17) is 0 Å². The summed E-state index contributed by atoms with van der Waals surface area (Å²) in [7, 11) is -3.48. The van der Waals surface area contributed by atoms with Gasteiger partial charge in [0.05, 0.1) is 12.8 Å². The first-order chi connectivity index (χ1) is 13.8. The van der Waals surface area contributed by atoms with E-state index in [-0.39, 0.29) is 6.54 Å². The maximum absolute atomic E-state index is 11.8. The van der Waals surface area contributed by atoms with Crippen LogP contribution in [0, 0.1) is 11.8 Å². The number of carbonyl (C=O) groups is 1. The minimum absolute atomic E-state index is 0.149. The fraction of sp³-hybridized carbons (Fsp3) is 0.591. The molecule has 2 saturated carbocycles. The summed E-state index contributed by atoms with van der Waals surface area (Å²) in [6.07, 6.45) is 7.74. The minimum atomic E-state index is -3.48. The molecular weight excluding hydrogens is 386 g/mol. The third-order valence-corrected chi connectivity index (χ3v) is 7.19. The molecular formula is C22H31N3O3S. The number of carbonyl (C=O) groups excluding carboxylic acids is 1. The third-order valence-electron chi connectivity index (χ3n) is 6.59. The highest BCUT2D eigenvalue weighted by Gasteiger charge is 2.79.